The zero-order chi connectivity index (χ0) is 10.8. The number of hydrogen-bond donors (Lipinski definition) is 0. The van der Waals surface area contributed by atoms with Gasteiger partial charge in [-0.25, -0.2) is 0 Å². The molecule has 1 atom stereocenters. The van der Waals surface area contributed by atoms with E-state index in [1.165, 1.54) is 12.5 Å². The zero-order valence-corrected chi connectivity index (χ0v) is 8.95. The predicted molar refractivity (Wildman–Crippen MR) is 55.9 cm³/mol. The molecule has 1 aliphatic rings. The lowest BCUT2D eigenvalue weighted by Crippen LogP contribution is -2.21. The Hall–Kier alpha value is -1.51. The minimum Gasteiger partial charge on any atom is -0.486 e. The summed E-state index contributed by atoms with van der Waals surface area (Å²) in [4.78, 5) is 10.7. The van der Waals surface area contributed by atoms with Gasteiger partial charge in [0, 0.05) is 13.3 Å². The van der Waals surface area contributed by atoms with Crippen molar-refractivity contribution in [3.05, 3.63) is 29.3 Å². The lowest BCUT2D eigenvalue weighted by atomic mass is 10.1. The lowest BCUT2D eigenvalue weighted by Gasteiger charge is -2.10. The highest BCUT2D eigenvalue weighted by Crippen LogP contribution is 2.31. The monoisotopic (exact) mass is 206 g/mol. The highest BCUT2D eigenvalue weighted by atomic mass is 16.6. The van der Waals surface area contributed by atoms with Gasteiger partial charge in [0.15, 0.2) is 0 Å². The van der Waals surface area contributed by atoms with Gasteiger partial charge in [-0.15, -0.1) is 0 Å². The second-order valence-corrected chi connectivity index (χ2v) is 3.81. The maximum atomic E-state index is 10.7. The van der Waals surface area contributed by atoms with Crippen molar-refractivity contribution < 1.29 is 14.3 Å². The summed E-state index contributed by atoms with van der Waals surface area (Å²) in [6.45, 7) is 3.77. The van der Waals surface area contributed by atoms with E-state index < -0.39 is 0 Å². The van der Waals surface area contributed by atoms with Crippen LogP contribution in [0.3, 0.4) is 0 Å². The van der Waals surface area contributed by atoms with E-state index in [4.69, 9.17) is 9.47 Å². The molecule has 3 heteroatoms. The van der Waals surface area contributed by atoms with Crippen LogP contribution in [0.2, 0.25) is 0 Å². The van der Waals surface area contributed by atoms with Crippen LogP contribution in [-0.2, 0) is 16.0 Å². The quantitative estimate of drug-likeness (QED) is 0.693. The second kappa shape index (κ2) is 3.93. The minimum absolute atomic E-state index is 0.0231. The molecule has 0 N–H and O–H groups in total. The number of para-hydroxylation sites is 1. The number of ether oxygens (including phenoxy) is 2. The Kier molecular flexibility index (Phi) is 2.62. The van der Waals surface area contributed by atoms with Gasteiger partial charge >= 0.3 is 5.97 Å². The van der Waals surface area contributed by atoms with Gasteiger partial charge in [-0.2, -0.15) is 0 Å². The van der Waals surface area contributed by atoms with E-state index in [1.807, 2.05) is 19.1 Å². The summed E-state index contributed by atoms with van der Waals surface area (Å²) < 4.78 is 10.6. The molecule has 0 saturated carbocycles. The molecule has 3 nitrogen and oxygen atoms in total. The van der Waals surface area contributed by atoms with Crippen molar-refractivity contribution in [2.45, 2.75) is 26.4 Å². The van der Waals surface area contributed by atoms with Crippen LogP contribution in [0.4, 0.5) is 0 Å². The molecule has 0 spiro atoms. The van der Waals surface area contributed by atoms with Gasteiger partial charge in [0.05, 0.1) is 0 Å². The fourth-order valence-corrected chi connectivity index (χ4v) is 1.80. The molecule has 0 radical (unpaired) electrons. The lowest BCUT2D eigenvalue weighted by molar-refractivity contribution is -0.143. The van der Waals surface area contributed by atoms with Crippen molar-refractivity contribution in [2.24, 2.45) is 0 Å². The maximum absolute atomic E-state index is 10.7. The molecule has 1 heterocycles. The Morgan fingerprint density at radius 2 is 2.40 bits per heavy atom. The summed E-state index contributed by atoms with van der Waals surface area (Å²) in [6.07, 6.45) is 0.801. The zero-order valence-electron chi connectivity index (χ0n) is 8.95. The molecular weight excluding hydrogens is 192 g/mol. The number of hydrogen-bond acceptors (Lipinski definition) is 3. The van der Waals surface area contributed by atoms with Gasteiger partial charge in [0.25, 0.3) is 0 Å². The summed E-state index contributed by atoms with van der Waals surface area (Å²) in [6, 6.07) is 6.09. The summed E-state index contributed by atoms with van der Waals surface area (Å²) in [7, 11) is 0. The largest absolute Gasteiger partial charge is 0.486 e. The fourth-order valence-electron chi connectivity index (χ4n) is 1.80. The molecule has 2 rings (SSSR count). The number of benzene rings is 1. The second-order valence-electron chi connectivity index (χ2n) is 3.81. The molecule has 0 amide bonds. The van der Waals surface area contributed by atoms with Gasteiger partial charge in [-0.05, 0) is 18.1 Å². The van der Waals surface area contributed by atoms with Gasteiger partial charge in [0.1, 0.15) is 18.5 Å². The van der Waals surface area contributed by atoms with Crippen LogP contribution in [-0.4, -0.2) is 18.7 Å². The van der Waals surface area contributed by atoms with Crippen LogP contribution in [0, 0.1) is 6.92 Å². The number of esters is 1. The first-order valence-corrected chi connectivity index (χ1v) is 5.05. The van der Waals surface area contributed by atoms with Gasteiger partial charge < -0.3 is 9.47 Å². The Balaban J connectivity index is 2.03. The van der Waals surface area contributed by atoms with E-state index >= 15 is 0 Å². The topological polar surface area (TPSA) is 35.5 Å². The Morgan fingerprint density at radius 1 is 1.60 bits per heavy atom. The summed E-state index contributed by atoms with van der Waals surface area (Å²) >= 11 is 0. The first-order valence-electron chi connectivity index (χ1n) is 5.05. The van der Waals surface area contributed by atoms with E-state index in [2.05, 4.69) is 6.07 Å². The first-order chi connectivity index (χ1) is 7.16. The Labute approximate surface area is 89.0 Å². The molecule has 0 aliphatic carbocycles. The highest BCUT2D eigenvalue weighted by Gasteiger charge is 2.24. The van der Waals surface area contributed by atoms with Crippen molar-refractivity contribution in [3.8, 4) is 5.75 Å². The standard InChI is InChI=1S/C12H14O3/c1-8-4-3-5-10-6-11(15-12(8)10)7-14-9(2)13/h3-5,11H,6-7H2,1-2H3. The van der Waals surface area contributed by atoms with E-state index in [-0.39, 0.29) is 12.1 Å². The molecule has 0 aromatic heterocycles. The van der Waals surface area contributed by atoms with E-state index in [0.29, 0.717) is 6.61 Å². The number of fused-ring (bicyclic) bond motifs is 1. The third-order valence-corrected chi connectivity index (χ3v) is 2.50. The number of carbonyl (C=O) groups is 1. The Bertz CT molecular complexity index is 384. The van der Waals surface area contributed by atoms with Crippen LogP contribution in [0.25, 0.3) is 0 Å². The first kappa shape index (κ1) is 10.0. The van der Waals surface area contributed by atoms with E-state index in [9.17, 15) is 4.79 Å². The van der Waals surface area contributed by atoms with Crippen molar-refractivity contribution in [1.82, 2.24) is 0 Å². The van der Waals surface area contributed by atoms with Crippen LogP contribution in [0.15, 0.2) is 18.2 Å². The van der Waals surface area contributed by atoms with Gasteiger partial charge in [-0.3, -0.25) is 4.79 Å². The summed E-state index contributed by atoms with van der Waals surface area (Å²) in [5, 5.41) is 0. The van der Waals surface area contributed by atoms with Crippen molar-refractivity contribution >= 4 is 5.97 Å². The average Bonchev–Trinajstić information content (AvgIpc) is 2.59. The molecule has 1 aromatic rings. The molecular formula is C12H14O3. The van der Waals surface area contributed by atoms with Crippen LogP contribution in [0.5, 0.6) is 5.75 Å². The van der Waals surface area contributed by atoms with Crippen LogP contribution >= 0.6 is 0 Å². The highest BCUT2D eigenvalue weighted by molar-refractivity contribution is 5.65. The molecule has 0 fully saturated rings. The van der Waals surface area contributed by atoms with E-state index in [0.717, 1.165) is 17.7 Å². The normalized spacial score (nSPS) is 18.1. The third-order valence-electron chi connectivity index (χ3n) is 2.50. The third kappa shape index (κ3) is 2.12. The number of aryl methyl sites for hydroxylation is 1. The molecule has 0 saturated heterocycles. The molecule has 1 aliphatic heterocycles. The average molecular weight is 206 g/mol. The molecule has 1 unspecified atom stereocenters. The van der Waals surface area contributed by atoms with Gasteiger partial charge in [0.2, 0.25) is 0 Å². The SMILES string of the molecule is CC(=O)OCC1Cc2cccc(C)c2O1. The maximum Gasteiger partial charge on any atom is 0.302 e. The predicted octanol–water partition coefficient (Wildman–Crippen LogP) is 1.86. The molecule has 80 valence electrons. The van der Waals surface area contributed by atoms with Gasteiger partial charge in [-0.1, -0.05) is 18.2 Å². The smallest absolute Gasteiger partial charge is 0.302 e. The summed E-state index contributed by atoms with van der Waals surface area (Å²) in [5.41, 5.74) is 2.34. The Morgan fingerprint density at radius 3 is 3.07 bits per heavy atom. The molecule has 15 heavy (non-hydrogen) atoms. The van der Waals surface area contributed by atoms with E-state index in [1.54, 1.807) is 0 Å². The number of rotatable bonds is 2. The van der Waals surface area contributed by atoms with Crippen molar-refractivity contribution in [2.75, 3.05) is 6.61 Å². The molecule has 1 aromatic carbocycles. The van der Waals surface area contributed by atoms with Crippen LogP contribution < -0.4 is 4.74 Å². The minimum atomic E-state index is -0.258. The van der Waals surface area contributed by atoms with Crippen molar-refractivity contribution in [3.63, 3.8) is 0 Å². The van der Waals surface area contributed by atoms with Crippen molar-refractivity contribution in [1.29, 1.82) is 0 Å². The molecule has 0 bridgehead atoms. The van der Waals surface area contributed by atoms with Crippen LogP contribution in [0.1, 0.15) is 18.1 Å². The number of carbonyl (C=O) groups excluding carboxylic acids is 1. The fraction of sp³-hybridized carbons (Fsp3) is 0.417. The summed E-state index contributed by atoms with van der Waals surface area (Å²) in [5.74, 6) is 0.695.